The lowest BCUT2D eigenvalue weighted by molar-refractivity contribution is 0.101. The smallest absolute Gasteiger partial charge is 0.274 e. The monoisotopic (exact) mass is 384 g/mol. The van der Waals surface area contributed by atoms with E-state index < -0.39 is 11.7 Å². The SMILES string of the molecule is CC(=O)c1cccc(Nc2cc(C(=O)Nc3ccc(F)c(Cl)c3)ncn2)c1. The summed E-state index contributed by atoms with van der Waals surface area (Å²) in [4.78, 5) is 31.8. The van der Waals surface area contributed by atoms with Crippen LogP contribution in [0.25, 0.3) is 0 Å². The molecule has 0 aliphatic heterocycles. The van der Waals surface area contributed by atoms with Gasteiger partial charge in [0.25, 0.3) is 5.91 Å². The van der Waals surface area contributed by atoms with Crippen LogP contribution in [0, 0.1) is 5.82 Å². The molecule has 1 heterocycles. The highest BCUT2D eigenvalue weighted by Gasteiger charge is 2.11. The standard InChI is InChI=1S/C19H14ClFN4O2/c1-11(26)12-3-2-4-13(7-12)24-18-9-17(22-10-23-18)19(27)25-14-5-6-16(21)15(20)8-14/h2-10H,1H3,(H,25,27)(H,22,23,24). The van der Waals surface area contributed by atoms with Gasteiger partial charge in [-0.3, -0.25) is 9.59 Å². The number of halogens is 2. The van der Waals surface area contributed by atoms with Gasteiger partial charge >= 0.3 is 0 Å². The number of ketones is 1. The molecule has 0 unspecified atom stereocenters. The van der Waals surface area contributed by atoms with Crippen molar-refractivity contribution < 1.29 is 14.0 Å². The van der Waals surface area contributed by atoms with Crippen LogP contribution in [0.15, 0.2) is 54.9 Å². The Kier molecular flexibility index (Phi) is 5.42. The highest BCUT2D eigenvalue weighted by atomic mass is 35.5. The summed E-state index contributed by atoms with van der Waals surface area (Å²) in [6.07, 6.45) is 1.24. The molecule has 0 saturated heterocycles. The van der Waals surface area contributed by atoms with Gasteiger partial charge in [-0.25, -0.2) is 14.4 Å². The van der Waals surface area contributed by atoms with Crippen molar-refractivity contribution in [3.8, 4) is 0 Å². The van der Waals surface area contributed by atoms with Gasteiger partial charge in [0, 0.05) is 23.0 Å². The molecule has 136 valence electrons. The second-order valence-electron chi connectivity index (χ2n) is 5.63. The van der Waals surface area contributed by atoms with Gasteiger partial charge in [-0.05, 0) is 37.3 Å². The molecule has 0 fully saturated rings. The fourth-order valence-corrected chi connectivity index (χ4v) is 2.46. The van der Waals surface area contributed by atoms with Gasteiger partial charge in [-0.15, -0.1) is 0 Å². The lowest BCUT2D eigenvalue weighted by Gasteiger charge is -2.09. The first-order chi connectivity index (χ1) is 12.9. The normalized spacial score (nSPS) is 10.3. The van der Waals surface area contributed by atoms with Crippen LogP contribution in [0.3, 0.4) is 0 Å². The van der Waals surface area contributed by atoms with E-state index in [1.165, 1.54) is 31.5 Å². The summed E-state index contributed by atoms with van der Waals surface area (Å²) in [7, 11) is 0. The zero-order chi connectivity index (χ0) is 19.4. The molecule has 27 heavy (non-hydrogen) atoms. The maximum absolute atomic E-state index is 13.2. The molecule has 1 aromatic heterocycles. The molecule has 0 spiro atoms. The van der Waals surface area contributed by atoms with Crippen LogP contribution in [0.5, 0.6) is 0 Å². The molecule has 0 saturated carbocycles. The first-order valence-corrected chi connectivity index (χ1v) is 8.26. The quantitative estimate of drug-likeness (QED) is 0.634. The van der Waals surface area contributed by atoms with Crippen LogP contribution in [0.2, 0.25) is 5.02 Å². The van der Waals surface area contributed by atoms with Gasteiger partial charge in [0.2, 0.25) is 0 Å². The highest BCUT2D eigenvalue weighted by Crippen LogP contribution is 2.20. The molecular weight excluding hydrogens is 371 g/mol. The molecule has 0 bridgehead atoms. The Hall–Kier alpha value is -3.32. The van der Waals surface area contributed by atoms with E-state index in [-0.39, 0.29) is 16.5 Å². The van der Waals surface area contributed by atoms with Crippen molar-refractivity contribution in [3.63, 3.8) is 0 Å². The third-order valence-electron chi connectivity index (χ3n) is 3.62. The first kappa shape index (κ1) is 18.5. The average molecular weight is 385 g/mol. The zero-order valence-corrected chi connectivity index (χ0v) is 14.9. The molecule has 2 aromatic carbocycles. The maximum atomic E-state index is 13.2. The summed E-state index contributed by atoms with van der Waals surface area (Å²) < 4.78 is 13.2. The second kappa shape index (κ2) is 7.92. The summed E-state index contributed by atoms with van der Waals surface area (Å²) in [5, 5.41) is 5.52. The molecule has 0 aliphatic rings. The molecule has 3 aromatic rings. The number of carbonyl (C=O) groups is 2. The molecule has 1 amide bonds. The van der Waals surface area contributed by atoms with Crippen LogP contribution in [0.4, 0.5) is 21.6 Å². The Morgan fingerprint density at radius 3 is 2.59 bits per heavy atom. The molecule has 0 atom stereocenters. The topological polar surface area (TPSA) is 84.0 Å². The Morgan fingerprint density at radius 1 is 1.04 bits per heavy atom. The van der Waals surface area contributed by atoms with Crippen molar-refractivity contribution >= 4 is 40.5 Å². The van der Waals surface area contributed by atoms with E-state index in [1.807, 2.05) is 0 Å². The average Bonchev–Trinajstić information content (AvgIpc) is 2.65. The minimum absolute atomic E-state index is 0.0561. The first-order valence-electron chi connectivity index (χ1n) is 7.89. The van der Waals surface area contributed by atoms with Crippen LogP contribution in [0.1, 0.15) is 27.8 Å². The molecule has 8 heteroatoms. The van der Waals surface area contributed by atoms with Crippen LogP contribution >= 0.6 is 11.6 Å². The summed E-state index contributed by atoms with van der Waals surface area (Å²) in [5.41, 5.74) is 1.66. The third-order valence-corrected chi connectivity index (χ3v) is 3.91. The van der Waals surface area contributed by atoms with Crippen LogP contribution < -0.4 is 10.6 Å². The van der Waals surface area contributed by atoms with Crippen molar-refractivity contribution in [2.24, 2.45) is 0 Å². The Bertz CT molecular complexity index is 1030. The Labute approximate surface area is 159 Å². The fraction of sp³-hybridized carbons (Fsp3) is 0.0526. The van der Waals surface area contributed by atoms with Gasteiger partial charge < -0.3 is 10.6 Å². The number of carbonyl (C=O) groups excluding carboxylic acids is 2. The number of amides is 1. The largest absolute Gasteiger partial charge is 0.340 e. The predicted molar refractivity (Wildman–Crippen MR) is 101 cm³/mol. The Balaban J connectivity index is 1.76. The molecule has 3 rings (SSSR count). The van der Waals surface area contributed by atoms with E-state index in [4.69, 9.17) is 11.6 Å². The number of anilines is 3. The number of aromatic nitrogens is 2. The summed E-state index contributed by atoms with van der Waals surface area (Å²) in [6.45, 7) is 1.48. The number of benzene rings is 2. The lowest BCUT2D eigenvalue weighted by atomic mass is 10.1. The van der Waals surface area contributed by atoms with E-state index in [2.05, 4.69) is 20.6 Å². The van der Waals surface area contributed by atoms with Gasteiger partial charge in [0.05, 0.1) is 5.02 Å². The van der Waals surface area contributed by atoms with Gasteiger partial charge in [0.1, 0.15) is 23.7 Å². The molecule has 6 nitrogen and oxygen atoms in total. The van der Waals surface area contributed by atoms with Gasteiger partial charge in [-0.2, -0.15) is 0 Å². The van der Waals surface area contributed by atoms with Crippen LogP contribution in [-0.4, -0.2) is 21.7 Å². The number of rotatable bonds is 5. The summed E-state index contributed by atoms with van der Waals surface area (Å²) in [6, 6.07) is 12.2. The van der Waals surface area contributed by atoms with Crippen molar-refractivity contribution in [3.05, 3.63) is 77.0 Å². The molecule has 0 aliphatic carbocycles. The number of nitrogens with one attached hydrogen (secondary N) is 2. The maximum Gasteiger partial charge on any atom is 0.274 e. The predicted octanol–water partition coefficient (Wildman–Crippen LogP) is 4.47. The minimum atomic E-state index is -0.573. The van der Waals surface area contributed by atoms with Gasteiger partial charge in [0.15, 0.2) is 5.78 Å². The van der Waals surface area contributed by atoms with Gasteiger partial charge in [-0.1, -0.05) is 23.7 Å². The summed E-state index contributed by atoms with van der Waals surface area (Å²) >= 11 is 5.71. The minimum Gasteiger partial charge on any atom is -0.340 e. The highest BCUT2D eigenvalue weighted by molar-refractivity contribution is 6.31. The number of Topliss-reactive ketones (excluding diaryl/α,β-unsaturated/α-hetero) is 1. The van der Waals surface area contributed by atoms with Crippen LogP contribution in [-0.2, 0) is 0 Å². The van der Waals surface area contributed by atoms with Crippen molar-refractivity contribution in [2.75, 3.05) is 10.6 Å². The van der Waals surface area contributed by atoms with E-state index in [0.717, 1.165) is 6.07 Å². The molecule has 2 N–H and O–H groups in total. The van der Waals surface area contributed by atoms with E-state index in [9.17, 15) is 14.0 Å². The van der Waals surface area contributed by atoms with Crippen molar-refractivity contribution in [1.29, 1.82) is 0 Å². The van der Waals surface area contributed by atoms with Crippen molar-refractivity contribution in [1.82, 2.24) is 9.97 Å². The molecular formula is C19H14ClFN4O2. The lowest BCUT2D eigenvalue weighted by Crippen LogP contribution is -2.14. The van der Waals surface area contributed by atoms with Crippen molar-refractivity contribution in [2.45, 2.75) is 6.92 Å². The number of hydrogen-bond acceptors (Lipinski definition) is 5. The third kappa shape index (κ3) is 4.65. The fourth-order valence-electron chi connectivity index (χ4n) is 2.28. The number of nitrogens with zero attached hydrogens (tertiary/aromatic N) is 2. The zero-order valence-electron chi connectivity index (χ0n) is 14.2. The second-order valence-corrected chi connectivity index (χ2v) is 6.04. The summed E-state index contributed by atoms with van der Waals surface area (Å²) in [5.74, 6) is -0.746. The Morgan fingerprint density at radius 2 is 1.85 bits per heavy atom. The van der Waals surface area contributed by atoms with E-state index in [1.54, 1.807) is 24.3 Å². The molecule has 0 radical (unpaired) electrons. The number of hydrogen-bond donors (Lipinski definition) is 2. The van der Waals surface area contributed by atoms with E-state index in [0.29, 0.717) is 22.8 Å². The van der Waals surface area contributed by atoms with E-state index >= 15 is 0 Å².